The molecule has 5 nitrogen and oxygen atoms in total. The number of carbonyl (C=O) groups is 3. The minimum atomic E-state index is -0.0844. The van der Waals surface area contributed by atoms with Crippen molar-refractivity contribution in [2.75, 3.05) is 19.6 Å². The van der Waals surface area contributed by atoms with Crippen molar-refractivity contribution in [3.63, 3.8) is 0 Å². The number of benzene rings is 2. The average Bonchev–Trinajstić information content (AvgIpc) is 2.88. The number of imide groups is 1. The molecule has 0 bridgehead atoms. The first kappa shape index (κ1) is 14.9. The molecule has 0 spiro atoms. The van der Waals surface area contributed by atoms with Crippen molar-refractivity contribution in [3.05, 3.63) is 48.0 Å². The minimum Gasteiger partial charge on any atom is -0.338 e. The van der Waals surface area contributed by atoms with Crippen molar-refractivity contribution in [2.24, 2.45) is 5.92 Å². The maximum absolute atomic E-state index is 12.7. The van der Waals surface area contributed by atoms with Crippen molar-refractivity contribution in [3.8, 4) is 0 Å². The highest BCUT2D eigenvalue weighted by Gasteiger charge is 2.37. The molecule has 2 aliphatic heterocycles. The van der Waals surface area contributed by atoms with Gasteiger partial charge in [-0.2, -0.15) is 0 Å². The summed E-state index contributed by atoms with van der Waals surface area (Å²) in [5, 5.41) is 2.01. The molecule has 2 aliphatic rings. The number of hydrogen-bond acceptors (Lipinski definition) is 3. The van der Waals surface area contributed by atoms with Gasteiger partial charge in [0.2, 0.25) is 11.8 Å². The first-order valence-corrected chi connectivity index (χ1v) is 8.24. The van der Waals surface area contributed by atoms with Crippen LogP contribution in [0, 0.1) is 5.92 Å². The lowest BCUT2D eigenvalue weighted by molar-refractivity contribution is -0.139. The van der Waals surface area contributed by atoms with Gasteiger partial charge in [-0.3, -0.25) is 19.3 Å². The largest absolute Gasteiger partial charge is 0.338 e. The zero-order valence-electron chi connectivity index (χ0n) is 13.3. The van der Waals surface area contributed by atoms with E-state index in [1.54, 1.807) is 4.90 Å². The topological polar surface area (TPSA) is 57.7 Å². The van der Waals surface area contributed by atoms with Crippen molar-refractivity contribution in [1.82, 2.24) is 9.80 Å². The number of likely N-dealkylation sites (tertiary alicyclic amines) is 2. The van der Waals surface area contributed by atoms with Crippen molar-refractivity contribution in [1.29, 1.82) is 0 Å². The van der Waals surface area contributed by atoms with Gasteiger partial charge in [-0.05, 0) is 16.8 Å². The molecule has 0 aromatic heterocycles. The lowest BCUT2D eigenvalue weighted by Crippen LogP contribution is -2.54. The summed E-state index contributed by atoms with van der Waals surface area (Å²) in [7, 11) is 0. The Labute approximate surface area is 139 Å². The summed E-state index contributed by atoms with van der Waals surface area (Å²) >= 11 is 0. The van der Waals surface area contributed by atoms with Crippen LogP contribution in [-0.2, 0) is 9.59 Å². The normalized spacial score (nSPS) is 18.3. The van der Waals surface area contributed by atoms with E-state index >= 15 is 0 Å². The highest BCUT2D eigenvalue weighted by molar-refractivity contribution is 6.07. The fourth-order valence-corrected chi connectivity index (χ4v) is 3.52. The second-order valence-corrected chi connectivity index (χ2v) is 6.50. The van der Waals surface area contributed by atoms with Crippen molar-refractivity contribution in [2.45, 2.75) is 12.8 Å². The maximum Gasteiger partial charge on any atom is 0.254 e. The molecule has 2 fully saturated rings. The minimum absolute atomic E-state index is 0.0159. The molecular formula is C19H18N2O3. The van der Waals surface area contributed by atoms with E-state index in [1.165, 1.54) is 4.90 Å². The summed E-state index contributed by atoms with van der Waals surface area (Å²) in [5.74, 6) is 0.0368. The zero-order valence-corrected chi connectivity index (χ0v) is 13.3. The third-order valence-electron chi connectivity index (χ3n) is 4.86. The highest BCUT2D eigenvalue weighted by Crippen LogP contribution is 2.25. The summed E-state index contributed by atoms with van der Waals surface area (Å²) in [5.41, 5.74) is 0.708. The lowest BCUT2D eigenvalue weighted by atomic mass is 9.96. The van der Waals surface area contributed by atoms with Crippen LogP contribution >= 0.6 is 0 Å². The first-order chi connectivity index (χ1) is 11.6. The Morgan fingerprint density at radius 3 is 2.38 bits per heavy atom. The van der Waals surface area contributed by atoms with Gasteiger partial charge in [-0.1, -0.05) is 36.4 Å². The molecule has 0 N–H and O–H groups in total. The van der Waals surface area contributed by atoms with Crippen LogP contribution in [0.4, 0.5) is 0 Å². The molecule has 0 unspecified atom stereocenters. The van der Waals surface area contributed by atoms with Crippen LogP contribution in [0.25, 0.3) is 10.8 Å². The Balaban J connectivity index is 1.44. The Morgan fingerprint density at radius 1 is 0.958 bits per heavy atom. The fraction of sp³-hybridized carbons (Fsp3) is 0.316. The number of rotatable bonds is 3. The monoisotopic (exact) mass is 322 g/mol. The summed E-state index contributed by atoms with van der Waals surface area (Å²) in [6, 6.07) is 13.6. The number of fused-ring (bicyclic) bond motifs is 1. The number of carbonyl (C=O) groups excluding carboxylic acids is 3. The van der Waals surface area contributed by atoms with Crippen LogP contribution in [0.3, 0.4) is 0 Å². The van der Waals surface area contributed by atoms with E-state index in [9.17, 15) is 14.4 Å². The molecule has 3 amide bonds. The second-order valence-electron chi connectivity index (χ2n) is 6.50. The molecular weight excluding hydrogens is 304 g/mol. The Hall–Kier alpha value is -2.69. The van der Waals surface area contributed by atoms with Gasteiger partial charge in [0.1, 0.15) is 0 Å². The molecule has 122 valence electrons. The number of hydrogen-bond donors (Lipinski definition) is 0. The van der Waals surface area contributed by atoms with Crippen LogP contribution in [0.1, 0.15) is 23.2 Å². The molecule has 2 aromatic rings. The maximum atomic E-state index is 12.7. The standard InChI is InChI=1S/C19H18N2O3/c22-17-8-9-18(23)21(17)12-13-10-20(11-13)19(24)16-7-3-5-14-4-1-2-6-15(14)16/h1-7,13H,8-12H2. The molecule has 5 heteroatoms. The van der Waals surface area contributed by atoms with Gasteiger partial charge in [-0.15, -0.1) is 0 Å². The van der Waals surface area contributed by atoms with Gasteiger partial charge in [0.25, 0.3) is 5.91 Å². The Kier molecular flexibility index (Phi) is 3.56. The van der Waals surface area contributed by atoms with E-state index in [-0.39, 0.29) is 23.6 Å². The molecule has 4 rings (SSSR count). The van der Waals surface area contributed by atoms with Crippen LogP contribution in [0.2, 0.25) is 0 Å². The first-order valence-electron chi connectivity index (χ1n) is 8.24. The molecule has 2 heterocycles. The zero-order chi connectivity index (χ0) is 16.7. The summed E-state index contributed by atoms with van der Waals surface area (Å²) in [4.78, 5) is 39.2. The predicted octanol–water partition coefficient (Wildman–Crippen LogP) is 2.06. The molecule has 0 atom stereocenters. The number of amides is 3. The molecule has 0 radical (unpaired) electrons. The van der Waals surface area contributed by atoms with Crippen LogP contribution in [0.5, 0.6) is 0 Å². The van der Waals surface area contributed by atoms with Gasteiger partial charge >= 0.3 is 0 Å². The SMILES string of the molecule is O=C(c1cccc2ccccc12)N1CC(CN2C(=O)CCC2=O)C1. The highest BCUT2D eigenvalue weighted by atomic mass is 16.2. The number of nitrogens with zero attached hydrogens (tertiary/aromatic N) is 2. The quantitative estimate of drug-likeness (QED) is 0.813. The predicted molar refractivity (Wildman–Crippen MR) is 89.3 cm³/mol. The summed E-state index contributed by atoms with van der Waals surface area (Å²) < 4.78 is 0. The van der Waals surface area contributed by atoms with Crippen LogP contribution in [-0.4, -0.2) is 47.2 Å². The second kappa shape index (κ2) is 5.74. The van der Waals surface area contributed by atoms with Gasteiger partial charge in [0.15, 0.2) is 0 Å². The van der Waals surface area contributed by atoms with E-state index in [4.69, 9.17) is 0 Å². The average molecular weight is 322 g/mol. The van der Waals surface area contributed by atoms with E-state index in [1.807, 2.05) is 42.5 Å². The molecule has 0 aliphatic carbocycles. The van der Waals surface area contributed by atoms with Gasteiger partial charge in [-0.25, -0.2) is 0 Å². The van der Waals surface area contributed by atoms with Crippen molar-refractivity contribution < 1.29 is 14.4 Å². The summed E-state index contributed by atoms with van der Waals surface area (Å²) in [6.07, 6.45) is 0.647. The third kappa shape index (κ3) is 2.46. The lowest BCUT2D eigenvalue weighted by Gasteiger charge is -2.40. The van der Waals surface area contributed by atoms with Gasteiger partial charge < -0.3 is 4.90 Å². The van der Waals surface area contributed by atoms with E-state index in [0.29, 0.717) is 38.0 Å². The Morgan fingerprint density at radius 2 is 1.62 bits per heavy atom. The smallest absolute Gasteiger partial charge is 0.254 e. The van der Waals surface area contributed by atoms with E-state index in [0.717, 1.165) is 10.8 Å². The third-order valence-corrected chi connectivity index (χ3v) is 4.86. The van der Waals surface area contributed by atoms with Crippen molar-refractivity contribution >= 4 is 28.5 Å². The summed E-state index contributed by atoms with van der Waals surface area (Å²) in [6.45, 7) is 1.63. The molecule has 24 heavy (non-hydrogen) atoms. The molecule has 2 saturated heterocycles. The molecule has 2 aromatic carbocycles. The fourth-order valence-electron chi connectivity index (χ4n) is 3.52. The van der Waals surface area contributed by atoms with Gasteiger partial charge in [0.05, 0.1) is 0 Å². The van der Waals surface area contributed by atoms with E-state index in [2.05, 4.69) is 0 Å². The van der Waals surface area contributed by atoms with Crippen LogP contribution < -0.4 is 0 Å². The van der Waals surface area contributed by atoms with Crippen LogP contribution in [0.15, 0.2) is 42.5 Å². The van der Waals surface area contributed by atoms with E-state index < -0.39 is 0 Å². The van der Waals surface area contributed by atoms with Gasteiger partial charge in [0, 0.05) is 44.0 Å². The Bertz CT molecular complexity index is 818. The molecule has 0 saturated carbocycles.